The molecule has 192 valence electrons. The van der Waals surface area contributed by atoms with E-state index in [1.165, 1.54) is 6.07 Å². The molecule has 1 atom stereocenters. The van der Waals surface area contributed by atoms with E-state index in [4.69, 9.17) is 23.2 Å². The van der Waals surface area contributed by atoms with Gasteiger partial charge < -0.3 is 4.90 Å². The summed E-state index contributed by atoms with van der Waals surface area (Å²) in [6.45, 7) is 7.40. The van der Waals surface area contributed by atoms with Crippen molar-refractivity contribution in [3.05, 3.63) is 62.4 Å². The van der Waals surface area contributed by atoms with Gasteiger partial charge in [-0.2, -0.15) is 5.10 Å². The molecular formula is C25H30Cl2FN7O. The van der Waals surface area contributed by atoms with Crippen LogP contribution in [0.15, 0.2) is 35.3 Å². The monoisotopic (exact) mass is 533 g/mol. The van der Waals surface area contributed by atoms with Crippen LogP contribution in [0.4, 0.5) is 10.2 Å². The lowest BCUT2D eigenvalue weighted by atomic mass is 9.97. The van der Waals surface area contributed by atoms with E-state index in [0.29, 0.717) is 45.6 Å². The van der Waals surface area contributed by atoms with Crippen LogP contribution in [-0.2, 0) is 6.54 Å². The van der Waals surface area contributed by atoms with Crippen LogP contribution in [0, 0.1) is 5.82 Å². The highest BCUT2D eigenvalue weighted by molar-refractivity contribution is 6.33. The SMILES string of the molecule is CC[C@H]1CN(c2ncc(-c3n[nH]c(=O)[nH]3)cc2Cl)CCN1C1CCN(Cc2ccc(Cl)cc2F)CC1. The van der Waals surface area contributed by atoms with Crippen molar-refractivity contribution in [2.75, 3.05) is 37.6 Å². The summed E-state index contributed by atoms with van der Waals surface area (Å²) in [6, 6.07) is 7.65. The zero-order valence-electron chi connectivity index (χ0n) is 20.2. The second-order valence-electron chi connectivity index (χ2n) is 9.54. The number of likely N-dealkylation sites (tertiary alicyclic amines) is 1. The number of aromatic nitrogens is 4. The molecule has 36 heavy (non-hydrogen) atoms. The number of nitrogens with zero attached hydrogens (tertiary/aromatic N) is 5. The Bertz CT molecular complexity index is 1260. The summed E-state index contributed by atoms with van der Waals surface area (Å²) in [7, 11) is 0. The molecule has 2 fully saturated rings. The van der Waals surface area contributed by atoms with Crippen molar-refractivity contribution in [3.63, 3.8) is 0 Å². The van der Waals surface area contributed by atoms with Crippen LogP contribution in [0.1, 0.15) is 31.7 Å². The normalized spacial score (nSPS) is 20.2. The Morgan fingerprint density at radius 1 is 1.14 bits per heavy atom. The predicted octanol–water partition coefficient (Wildman–Crippen LogP) is 4.17. The van der Waals surface area contributed by atoms with Crippen molar-refractivity contribution >= 4 is 29.0 Å². The van der Waals surface area contributed by atoms with Crippen LogP contribution >= 0.6 is 23.2 Å². The summed E-state index contributed by atoms with van der Waals surface area (Å²) in [5, 5.41) is 7.29. The molecule has 0 unspecified atom stereocenters. The Hall–Kier alpha value is -2.46. The highest BCUT2D eigenvalue weighted by atomic mass is 35.5. The number of anilines is 1. The number of hydrogen-bond acceptors (Lipinski definition) is 6. The second-order valence-corrected chi connectivity index (χ2v) is 10.4. The van der Waals surface area contributed by atoms with Gasteiger partial charge in [0.15, 0.2) is 5.82 Å². The first-order valence-corrected chi connectivity index (χ1v) is 13.1. The zero-order chi connectivity index (χ0) is 25.2. The van der Waals surface area contributed by atoms with E-state index in [0.717, 1.165) is 57.8 Å². The Morgan fingerprint density at radius 2 is 1.94 bits per heavy atom. The van der Waals surface area contributed by atoms with Crippen LogP contribution in [-0.4, -0.2) is 74.8 Å². The summed E-state index contributed by atoms with van der Waals surface area (Å²) in [4.78, 5) is 25.8. The molecule has 4 heterocycles. The van der Waals surface area contributed by atoms with Gasteiger partial charge in [-0.15, -0.1) is 0 Å². The molecule has 0 bridgehead atoms. The van der Waals surface area contributed by atoms with Gasteiger partial charge in [0.25, 0.3) is 0 Å². The third-order valence-electron chi connectivity index (χ3n) is 7.33. The fourth-order valence-electron chi connectivity index (χ4n) is 5.41. The van der Waals surface area contributed by atoms with Gasteiger partial charge in [-0.05, 0) is 50.6 Å². The predicted molar refractivity (Wildman–Crippen MR) is 140 cm³/mol. The number of halogens is 3. The topological polar surface area (TPSA) is 84.1 Å². The maximum absolute atomic E-state index is 14.2. The van der Waals surface area contributed by atoms with Crippen LogP contribution < -0.4 is 10.6 Å². The first-order valence-electron chi connectivity index (χ1n) is 12.4. The minimum absolute atomic E-state index is 0.232. The Balaban J connectivity index is 1.19. The molecular weight excluding hydrogens is 504 g/mol. The number of piperazine rings is 1. The fraction of sp³-hybridized carbons (Fsp3) is 0.480. The van der Waals surface area contributed by atoms with E-state index in [2.05, 4.69) is 41.8 Å². The number of benzene rings is 1. The Morgan fingerprint density at radius 3 is 2.61 bits per heavy atom. The number of piperidine rings is 1. The van der Waals surface area contributed by atoms with Crippen molar-refractivity contribution in [2.24, 2.45) is 0 Å². The smallest absolute Gasteiger partial charge is 0.340 e. The lowest BCUT2D eigenvalue weighted by Gasteiger charge is -2.47. The van der Waals surface area contributed by atoms with Crippen LogP contribution in [0.2, 0.25) is 10.0 Å². The van der Waals surface area contributed by atoms with E-state index in [1.54, 1.807) is 24.4 Å². The van der Waals surface area contributed by atoms with Gasteiger partial charge in [-0.25, -0.2) is 19.3 Å². The second kappa shape index (κ2) is 10.9. The van der Waals surface area contributed by atoms with Crippen LogP contribution in [0.25, 0.3) is 11.4 Å². The fourth-order valence-corrected chi connectivity index (χ4v) is 5.85. The average molecular weight is 534 g/mol. The van der Waals surface area contributed by atoms with Crippen molar-refractivity contribution in [1.29, 1.82) is 0 Å². The highest BCUT2D eigenvalue weighted by Crippen LogP contribution is 2.31. The summed E-state index contributed by atoms with van der Waals surface area (Å²) in [5.74, 6) is 0.948. The van der Waals surface area contributed by atoms with Crippen LogP contribution in [0.3, 0.4) is 0 Å². The molecule has 0 spiro atoms. The first-order chi connectivity index (χ1) is 17.4. The molecule has 1 aromatic carbocycles. The molecule has 2 aromatic heterocycles. The molecule has 11 heteroatoms. The average Bonchev–Trinajstić information content (AvgIpc) is 3.32. The summed E-state index contributed by atoms with van der Waals surface area (Å²) < 4.78 is 14.2. The van der Waals surface area contributed by atoms with E-state index in [9.17, 15) is 9.18 Å². The molecule has 2 aliphatic heterocycles. The molecule has 2 aliphatic rings. The number of H-pyrrole nitrogens is 2. The van der Waals surface area contributed by atoms with Crippen LogP contribution in [0.5, 0.6) is 0 Å². The number of aromatic amines is 2. The maximum atomic E-state index is 14.2. The molecule has 2 saturated heterocycles. The van der Waals surface area contributed by atoms with Gasteiger partial charge in [0, 0.05) is 60.6 Å². The number of hydrogen-bond donors (Lipinski definition) is 2. The standard InChI is InChI=1S/C25H30Cl2FN7O/c1-2-19-15-34(24-21(27)11-17(13-29-24)23-30-25(36)32-31-23)9-10-35(19)20-5-7-33(8-6-20)14-16-3-4-18(26)12-22(16)28/h3-4,11-13,19-20H,2,5-10,14-15H2,1H3,(H2,30,31,32,36)/t19-/m0/s1. The largest absolute Gasteiger partial charge is 0.353 e. The van der Waals surface area contributed by atoms with E-state index in [-0.39, 0.29) is 11.5 Å². The van der Waals surface area contributed by atoms with Crippen molar-refractivity contribution in [2.45, 2.75) is 44.8 Å². The first kappa shape index (κ1) is 25.2. The summed E-state index contributed by atoms with van der Waals surface area (Å²) >= 11 is 12.5. The molecule has 0 aliphatic carbocycles. The third-order valence-corrected chi connectivity index (χ3v) is 7.84. The van der Waals surface area contributed by atoms with E-state index >= 15 is 0 Å². The summed E-state index contributed by atoms with van der Waals surface area (Å²) in [5.41, 5.74) is 1.00. The molecule has 0 amide bonds. The van der Waals surface area contributed by atoms with Gasteiger partial charge in [-0.3, -0.25) is 14.8 Å². The minimum atomic E-state index is -0.366. The van der Waals surface area contributed by atoms with Gasteiger partial charge in [0.05, 0.1) is 5.02 Å². The third kappa shape index (κ3) is 5.44. The van der Waals surface area contributed by atoms with E-state index in [1.807, 2.05) is 0 Å². The van der Waals surface area contributed by atoms with E-state index < -0.39 is 0 Å². The lowest BCUT2D eigenvalue weighted by Crippen LogP contribution is -2.58. The number of nitrogens with one attached hydrogen (secondary N) is 2. The van der Waals surface area contributed by atoms with Crippen molar-refractivity contribution in [3.8, 4) is 11.4 Å². The molecule has 3 aromatic rings. The zero-order valence-corrected chi connectivity index (χ0v) is 21.7. The quantitative estimate of drug-likeness (QED) is 0.494. The Kier molecular flexibility index (Phi) is 7.62. The molecule has 5 rings (SSSR count). The number of pyridine rings is 1. The number of rotatable bonds is 6. The van der Waals surface area contributed by atoms with Gasteiger partial charge in [0.2, 0.25) is 0 Å². The summed E-state index contributed by atoms with van der Waals surface area (Å²) in [6.07, 6.45) is 4.87. The van der Waals surface area contributed by atoms with Gasteiger partial charge in [-0.1, -0.05) is 36.2 Å². The molecule has 8 nitrogen and oxygen atoms in total. The molecule has 0 saturated carbocycles. The maximum Gasteiger partial charge on any atom is 0.340 e. The molecule has 2 N–H and O–H groups in total. The van der Waals surface area contributed by atoms with Gasteiger partial charge >= 0.3 is 5.69 Å². The minimum Gasteiger partial charge on any atom is -0.353 e. The highest BCUT2D eigenvalue weighted by Gasteiger charge is 2.34. The van der Waals surface area contributed by atoms with Gasteiger partial charge in [0.1, 0.15) is 11.6 Å². The molecule has 0 radical (unpaired) electrons. The van der Waals surface area contributed by atoms with Crippen molar-refractivity contribution < 1.29 is 4.39 Å². The Labute approximate surface area is 219 Å². The lowest BCUT2D eigenvalue weighted by molar-refractivity contribution is 0.0607. The van der Waals surface area contributed by atoms with Crippen molar-refractivity contribution in [1.82, 2.24) is 30.0 Å².